The van der Waals surface area contributed by atoms with Crippen molar-refractivity contribution in [3.05, 3.63) is 47.3 Å². The first-order valence-electron chi connectivity index (χ1n) is 5.55. The Bertz CT molecular complexity index is 631. The highest BCUT2D eigenvalue weighted by Gasteiger charge is 2.15. The number of aryl methyl sites for hydroxylation is 1. The molecular weight excluding hydrogens is 248 g/mol. The molecule has 2 rings (SSSR count). The van der Waals surface area contributed by atoms with Crippen molar-refractivity contribution < 1.29 is 19.3 Å². The van der Waals surface area contributed by atoms with Crippen molar-refractivity contribution >= 4 is 11.7 Å². The Morgan fingerprint density at radius 1 is 1.37 bits per heavy atom. The molecule has 0 amide bonds. The third-order valence-electron chi connectivity index (χ3n) is 2.53. The Morgan fingerprint density at radius 2 is 2.11 bits per heavy atom. The summed E-state index contributed by atoms with van der Waals surface area (Å²) in [5, 5.41) is 16.8. The highest BCUT2D eigenvalue weighted by molar-refractivity contribution is 6.01. The van der Waals surface area contributed by atoms with Crippen LogP contribution in [0, 0.1) is 6.92 Å². The van der Waals surface area contributed by atoms with E-state index in [0.29, 0.717) is 17.0 Å². The molecule has 0 radical (unpaired) electrons. The van der Waals surface area contributed by atoms with Gasteiger partial charge in [-0.1, -0.05) is 22.4 Å². The fourth-order valence-electron chi connectivity index (χ4n) is 1.48. The number of aromatic nitrogens is 1. The van der Waals surface area contributed by atoms with Crippen LogP contribution in [-0.2, 0) is 4.84 Å². The lowest BCUT2D eigenvalue weighted by molar-refractivity contribution is 0.0514. The molecule has 1 aromatic carbocycles. The van der Waals surface area contributed by atoms with Gasteiger partial charge in [-0.25, -0.2) is 4.79 Å². The van der Waals surface area contributed by atoms with Gasteiger partial charge in [-0.05, 0) is 26.0 Å². The number of carbonyl (C=O) groups excluding carboxylic acids is 1. The molecule has 0 saturated carbocycles. The van der Waals surface area contributed by atoms with Gasteiger partial charge in [0.05, 0.1) is 11.9 Å². The quantitative estimate of drug-likeness (QED) is 0.520. The molecule has 0 fully saturated rings. The molecule has 0 bridgehead atoms. The molecule has 6 heteroatoms. The van der Waals surface area contributed by atoms with E-state index in [1.54, 1.807) is 32.0 Å². The molecule has 0 aliphatic carbocycles. The third kappa shape index (κ3) is 2.79. The van der Waals surface area contributed by atoms with Crippen LogP contribution < -0.4 is 0 Å². The van der Waals surface area contributed by atoms with Crippen molar-refractivity contribution in [3.8, 4) is 5.75 Å². The lowest BCUT2D eigenvalue weighted by Gasteiger charge is -2.02. The molecule has 19 heavy (non-hydrogen) atoms. The van der Waals surface area contributed by atoms with Crippen LogP contribution in [0.3, 0.4) is 0 Å². The standard InChI is InChI=1S/C13H12N2O4/c1-8(10-5-3-4-6-12(10)16)15-19-13(17)11-7-14-18-9(11)2/h3-7,16H,1-2H3/b15-8+. The summed E-state index contributed by atoms with van der Waals surface area (Å²) in [6, 6.07) is 6.64. The summed E-state index contributed by atoms with van der Waals surface area (Å²) >= 11 is 0. The zero-order valence-corrected chi connectivity index (χ0v) is 10.5. The summed E-state index contributed by atoms with van der Waals surface area (Å²) in [5.41, 5.74) is 1.10. The second kappa shape index (κ2) is 5.34. The Morgan fingerprint density at radius 3 is 2.74 bits per heavy atom. The van der Waals surface area contributed by atoms with Gasteiger partial charge < -0.3 is 14.5 Å². The molecule has 6 nitrogen and oxygen atoms in total. The van der Waals surface area contributed by atoms with Crippen LogP contribution in [0.2, 0.25) is 0 Å². The molecule has 2 aromatic rings. The van der Waals surface area contributed by atoms with Crippen molar-refractivity contribution in [3.63, 3.8) is 0 Å². The number of phenols is 1. The van der Waals surface area contributed by atoms with E-state index in [1.165, 1.54) is 12.3 Å². The molecule has 1 aromatic heterocycles. The first-order chi connectivity index (χ1) is 9.09. The van der Waals surface area contributed by atoms with Crippen molar-refractivity contribution in [2.45, 2.75) is 13.8 Å². The second-order valence-electron chi connectivity index (χ2n) is 3.87. The normalized spacial score (nSPS) is 11.4. The van der Waals surface area contributed by atoms with E-state index < -0.39 is 5.97 Å². The van der Waals surface area contributed by atoms with Crippen LogP contribution in [0.15, 0.2) is 40.1 Å². The van der Waals surface area contributed by atoms with Gasteiger partial charge in [0.2, 0.25) is 0 Å². The van der Waals surface area contributed by atoms with E-state index in [9.17, 15) is 9.90 Å². The van der Waals surface area contributed by atoms with E-state index in [0.717, 1.165) is 0 Å². The number of oxime groups is 1. The van der Waals surface area contributed by atoms with Crippen LogP contribution >= 0.6 is 0 Å². The smallest absolute Gasteiger partial charge is 0.370 e. The van der Waals surface area contributed by atoms with Gasteiger partial charge in [-0.2, -0.15) is 0 Å². The van der Waals surface area contributed by atoms with Crippen molar-refractivity contribution in [2.24, 2.45) is 5.16 Å². The average molecular weight is 260 g/mol. The summed E-state index contributed by atoms with van der Waals surface area (Å²) < 4.78 is 4.76. The molecule has 0 unspecified atom stereocenters. The molecule has 0 aliphatic rings. The summed E-state index contributed by atoms with van der Waals surface area (Å²) in [5.74, 6) is -0.227. The SMILES string of the molecule is C/C(=N\OC(=O)c1cnoc1C)c1ccccc1O. The number of para-hydroxylation sites is 1. The predicted molar refractivity (Wildman–Crippen MR) is 67.0 cm³/mol. The zero-order chi connectivity index (χ0) is 13.8. The fourth-order valence-corrected chi connectivity index (χ4v) is 1.48. The highest BCUT2D eigenvalue weighted by Crippen LogP contribution is 2.17. The van der Waals surface area contributed by atoms with E-state index in [-0.39, 0.29) is 11.3 Å². The Balaban J connectivity index is 2.13. The van der Waals surface area contributed by atoms with E-state index in [2.05, 4.69) is 10.3 Å². The minimum atomic E-state index is -0.659. The minimum absolute atomic E-state index is 0.0703. The molecule has 0 saturated heterocycles. The van der Waals surface area contributed by atoms with Crippen LogP contribution in [0.25, 0.3) is 0 Å². The van der Waals surface area contributed by atoms with Gasteiger partial charge >= 0.3 is 5.97 Å². The number of hydrogen-bond acceptors (Lipinski definition) is 6. The number of rotatable bonds is 3. The Hall–Kier alpha value is -2.63. The van der Waals surface area contributed by atoms with Gasteiger partial charge in [0.15, 0.2) is 0 Å². The molecule has 1 N–H and O–H groups in total. The number of hydrogen-bond donors (Lipinski definition) is 1. The van der Waals surface area contributed by atoms with E-state index >= 15 is 0 Å². The lowest BCUT2D eigenvalue weighted by Crippen LogP contribution is -2.04. The van der Waals surface area contributed by atoms with Gasteiger partial charge in [-0.3, -0.25) is 0 Å². The monoisotopic (exact) mass is 260 g/mol. The maximum absolute atomic E-state index is 11.7. The largest absolute Gasteiger partial charge is 0.507 e. The Labute approximate surface area is 109 Å². The first kappa shape index (κ1) is 12.8. The van der Waals surface area contributed by atoms with Crippen LogP contribution in [-0.4, -0.2) is 21.9 Å². The van der Waals surface area contributed by atoms with Crippen molar-refractivity contribution in [2.75, 3.05) is 0 Å². The van der Waals surface area contributed by atoms with Crippen LogP contribution in [0.1, 0.15) is 28.6 Å². The predicted octanol–water partition coefficient (Wildman–Crippen LogP) is 2.27. The summed E-state index contributed by atoms with van der Waals surface area (Å²) in [4.78, 5) is 16.4. The van der Waals surface area contributed by atoms with Crippen LogP contribution in [0.5, 0.6) is 5.75 Å². The lowest BCUT2D eigenvalue weighted by atomic mass is 10.1. The third-order valence-corrected chi connectivity index (χ3v) is 2.53. The minimum Gasteiger partial charge on any atom is -0.507 e. The number of phenolic OH excluding ortho intramolecular Hbond substituents is 1. The van der Waals surface area contributed by atoms with E-state index in [1.807, 2.05) is 0 Å². The summed E-state index contributed by atoms with van der Waals surface area (Å²) in [7, 11) is 0. The van der Waals surface area contributed by atoms with Crippen molar-refractivity contribution in [1.82, 2.24) is 5.16 Å². The highest BCUT2D eigenvalue weighted by atomic mass is 16.7. The Kier molecular flexibility index (Phi) is 3.61. The van der Waals surface area contributed by atoms with E-state index in [4.69, 9.17) is 9.36 Å². The first-order valence-corrected chi connectivity index (χ1v) is 5.55. The molecule has 0 aliphatic heterocycles. The van der Waals surface area contributed by atoms with Gasteiger partial charge in [0.1, 0.15) is 17.1 Å². The van der Waals surface area contributed by atoms with Gasteiger partial charge in [-0.15, -0.1) is 0 Å². The number of benzene rings is 1. The molecule has 0 spiro atoms. The average Bonchev–Trinajstić information content (AvgIpc) is 2.82. The molecule has 1 heterocycles. The fraction of sp³-hybridized carbons (Fsp3) is 0.154. The molecule has 0 atom stereocenters. The van der Waals surface area contributed by atoms with Gasteiger partial charge in [0, 0.05) is 5.56 Å². The molecule has 98 valence electrons. The van der Waals surface area contributed by atoms with Crippen molar-refractivity contribution in [1.29, 1.82) is 0 Å². The number of aromatic hydroxyl groups is 1. The van der Waals surface area contributed by atoms with Crippen LogP contribution in [0.4, 0.5) is 0 Å². The maximum atomic E-state index is 11.7. The topological polar surface area (TPSA) is 84.9 Å². The summed E-state index contributed by atoms with van der Waals surface area (Å²) in [6.45, 7) is 3.23. The zero-order valence-electron chi connectivity index (χ0n) is 10.5. The maximum Gasteiger partial charge on any atom is 0.370 e. The summed E-state index contributed by atoms with van der Waals surface area (Å²) in [6.07, 6.45) is 1.27. The number of carbonyl (C=O) groups is 1. The molecular formula is C13H12N2O4. The van der Waals surface area contributed by atoms with Gasteiger partial charge in [0.25, 0.3) is 0 Å². The number of nitrogens with zero attached hydrogens (tertiary/aromatic N) is 2. The second-order valence-corrected chi connectivity index (χ2v) is 3.87.